The minimum absolute atomic E-state index is 0.701. The molecule has 0 radical (unpaired) electrons. The van der Waals surface area contributed by atoms with Gasteiger partial charge in [-0.25, -0.2) is 0 Å². The lowest BCUT2D eigenvalue weighted by molar-refractivity contribution is 0.691. The maximum Gasteiger partial charge on any atom is 0.0634 e. The van der Waals surface area contributed by atoms with Crippen LogP contribution in [0.25, 0.3) is 0 Å². The van der Waals surface area contributed by atoms with Crippen molar-refractivity contribution in [3.8, 4) is 0 Å². The zero-order valence-corrected chi connectivity index (χ0v) is 11.5. The average Bonchev–Trinajstić information content (AvgIpc) is 2.34. The molecule has 1 aromatic heterocycles. The fourth-order valence-electron chi connectivity index (χ4n) is 1.52. The summed E-state index contributed by atoms with van der Waals surface area (Å²) in [6.45, 7) is 1.54. The van der Waals surface area contributed by atoms with Crippen molar-refractivity contribution in [2.45, 2.75) is 13.1 Å². The monoisotopic (exact) mass is 310 g/mol. The first-order chi connectivity index (χ1) is 8.27. The fraction of sp³-hybridized carbons (Fsp3) is 0.154. The van der Waals surface area contributed by atoms with Gasteiger partial charge in [-0.3, -0.25) is 4.98 Å². The van der Waals surface area contributed by atoms with Crippen molar-refractivity contribution >= 4 is 27.5 Å². The molecule has 2 nitrogen and oxygen atoms in total. The summed E-state index contributed by atoms with van der Waals surface area (Å²) in [6.07, 6.45) is 3.42. The Balaban J connectivity index is 1.93. The highest BCUT2D eigenvalue weighted by atomic mass is 79.9. The van der Waals surface area contributed by atoms with Crippen molar-refractivity contribution in [3.63, 3.8) is 0 Å². The van der Waals surface area contributed by atoms with E-state index in [0.717, 1.165) is 23.1 Å². The first-order valence-corrected chi connectivity index (χ1v) is 6.47. The third-order valence-corrected chi connectivity index (χ3v) is 3.56. The molecule has 0 amide bonds. The van der Waals surface area contributed by atoms with Gasteiger partial charge in [-0.15, -0.1) is 0 Å². The Hall–Kier alpha value is -0.900. The molecule has 1 N–H and O–H groups in total. The van der Waals surface area contributed by atoms with E-state index in [2.05, 4.69) is 32.3 Å². The first kappa shape index (κ1) is 12.6. The van der Waals surface area contributed by atoms with Crippen molar-refractivity contribution in [2.75, 3.05) is 0 Å². The molecule has 88 valence electrons. The SMILES string of the molecule is Clc1cnccc1CNCc1ccccc1Br. The molecule has 0 atom stereocenters. The highest BCUT2D eigenvalue weighted by Gasteiger charge is 2.00. The summed E-state index contributed by atoms with van der Waals surface area (Å²) >= 11 is 9.55. The molecule has 0 saturated heterocycles. The number of hydrogen-bond donors (Lipinski definition) is 1. The molecule has 1 aromatic carbocycles. The number of rotatable bonds is 4. The molecule has 2 aromatic rings. The number of benzene rings is 1. The minimum atomic E-state index is 0.701. The highest BCUT2D eigenvalue weighted by molar-refractivity contribution is 9.10. The van der Waals surface area contributed by atoms with Crippen molar-refractivity contribution in [1.82, 2.24) is 10.3 Å². The summed E-state index contributed by atoms with van der Waals surface area (Å²) in [5.41, 5.74) is 2.30. The van der Waals surface area contributed by atoms with Gasteiger partial charge in [-0.1, -0.05) is 45.7 Å². The highest BCUT2D eigenvalue weighted by Crippen LogP contribution is 2.16. The van der Waals surface area contributed by atoms with Crippen molar-refractivity contribution in [1.29, 1.82) is 0 Å². The van der Waals surface area contributed by atoms with Crippen LogP contribution in [0.4, 0.5) is 0 Å². The van der Waals surface area contributed by atoms with Crippen molar-refractivity contribution in [3.05, 3.63) is 63.3 Å². The van der Waals surface area contributed by atoms with Gasteiger partial charge >= 0.3 is 0 Å². The van der Waals surface area contributed by atoms with Gasteiger partial charge in [-0.2, -0.15) is 0 Å². The van der Waals surface area contributed by atoms with Crippen LogP contribution in [0.5, 0.6) is 0 Å². The summed E-state index contributed by atoms with van der Waals surface area (Å²) in [6, 6.07) is 10.1. The van der Waals surface area contributed by atoms with Crippen molar-refractivity contribution < 1.29 is 0 Å². The van der Waals surface area contributed by atoms with Gasteiger partial charge in [0.1, 0.15) is 0 Å². The molecule has 0 aliphatic heterocycles. The summed E-state index contributed by atoms with van der Waals surface area (Å²) in [4.78, 5) is 3.96. The van der Waals surface area contributed by atoms with E-state index in [1.807, 2.05) is 24.3 Å². The second kappa shape index (κ2) is 6.15. The summed E-state index contributed by atoms with van der Waals surface area (Å²) < 4.78 is 1.12. The Bertz CT molecular complexity index is 457. The van der Waals surface area contributed by atoms with Gasteiger partial charge < -0.3 is 5.32 Å². The Morgan fingerprint density at radius 3 is 2.65 bits per heavy atom. The van der Waals surface area contributed by atoms with Gasteiger partial charge in [-0.05, 0) is 23.3 Å². The molecule has 0 unspecified atom stereocenters. The van der Waals surface area contributed by atoms with E-state index >= 15 is 0 Å². The molecule has 2 rings (SSSR count). The lowest BCUT2D eigenvalue weighted by Gasteiger charge is -2.07. The fourth-order valence-corrected chi connectivity index (χ4v) is 2.13. The maximum atomic E-state index is 6.03. The minimum Gasteiger partial charge on any atom is -0.309 e. The van der Waals surface area contributed by atoms with Gasteiger partial charge in [0.2, 0.25) is 0 Å². The Kier molecular flexibility index (Phi) is 4.54. The zero-order valence-electron chi connectivity index (χ0n) is 9.16. The van der Waals surface area contributed by atoms with Crippen LogP contribution in [0, 0.1) is 0 Å². The molecule has 1 heterocycles. The molecule has 0 saturated carbocycles. The zero-order chi connectivity index (χ0) is 12.1. The van der Waals surface area contributed by atoms with Crippen molar-refractivity contribution in [2.24, 2.45) is 0 Å². The standard InChI is InChI=1S/C13H12BrClN2/c14-12-4-2-1-3-10(12)7-17-8-11-5-6-16-9-13(11)15/h1-6,9,17H,7-8H2. The second-order valence-corrected chi connectivity index (χ2v) is 4.92. The molecular formula is C13H12BrClN2. The Morgan fingerprint density at radius 1 is 1.12 bits per heavy atom. The van der Waals surface area contributed by atoms with Gasteiger partial charge in [0.25, 0.3) is 0 Å². The number of nitrogens with one attached hydrogen (secondary N) is 1. The molecule has 0 aliphatic carbocycles. The van der Waals surface area contributed by atoms with Crippen LogP contribution in [0.1, 0.15) is 11.1 Å². The summed E-state index contributed by atoms with van der Waals surface area (Å²) in [5, 5.41) is 4.06. The molecule has 0 spiro atoms. The Labute approximate surface area is 114 Å². The smallest absolute Gasteiger partial charge is 0.0634 e. The van der Waals surface area contributed by atoms with Crippen LogP contribution in [0.2, 0.25) is 5.02 Å². The van der Waals surface area contributed by atoms with E-state index in [9.17, 15) is 0 Å². The van der Waals surface area contributed by atoms with E-state index in [1.54, 1.807) is 12.4 Å². The Morgan fingerprint density at radius 2 is 1.88 bits per heavy atom. The van der Waals surface area contributed by atoms with Crippen LogP contribution in [-0.4, -0.2) is 4.98 Å². The topological polar surface area (TPSA) is 24.9 Å². The number of aromatic nitrogens is 1. The first-order valence-electron chi connectivity index (χ1n) is 5.30. The largest absolute Gasteiger partial charge is 0.309 e. The quantitative estimate of drug-likeness (QED) is 0.929. The third kappa shape index (κ3) is 3.53. The van der Waals surface area contributed by atoms with Gasteiger partial charge in [0, 0.05) is 30.0 Å². The maximum absolute atomic E-state index is 6.03. The molecule has 17 heavy (non-hydrogen) atoms. The van der Waals surface area contributed by atoms with Gasteiger partial charge in [0.05, 0.1) is 5.02 Å². The molecular weight excluding hydrogens is 300 g/mol. The number of halogens is 2. The summed E-state index contributed by atoms with van der Waals surface area (Å²) in [7, 11) is 0. The lowest BCUT2D eigenvalue weighted by Crippen LogP contribution is -2.13. The van der Waals surface area contributed by atoms with Crippen LogP contribution >= 0.6 is 27.5 Å². The van der Waals surface area contributed by atoms with E-state index in [-0.39, 0.29) is 0 Å². The number of hydrogen-bond acceptors (Lipinski definition) is 2. The third-order valence-electron chi connectivity index (χ3n) is 2.45. The molecule has 0 aliphatic rings. The summed E-state index contributed by atoms with van der Waals surface area (Å²) in [5.74, 6) is 0. The number of pyridine rings is 1. The van der Waals surface area contributed by atoms with Gasteiger partial charge in [0.15, 0.2) is 0 Å². The number of nitrogens with zero attached hydrogens (tertiary/aromatic N) is 1. The molecule has 0 fully saturated rings. The molecule has 0 bridgehead atoms. The van der Waals surface area contributed by atoms with E-state index in [4.69, 9.17) is 11.6 Å². The molecule has 4 heteroatoms. The second-order valence-electron chi connectivity index (χ2n) is 3.66. The van der Waals surface area contributed by atoms with E-state index < -0.39 is 0 Å². The lowest BCUT2D eigenvalue weighted by atomic mass is 10.2. The van der Waals surface area contributed by atoms with E-state index in [1.165, 1.54) is 5.56 Å². The average molecular weight is 312 g/mol. The van der Waals surface area contributed by atoms with Crippen LogP contribution in [-0.2, 0) is 13.1 Å². The van der Waals surface area contributed by atoms with Crippen LogP contribution in [0.3, 0.4) is 0 Å². The normalized spacial score (nSPS) is 10.5. The van der Waals surface area contributed by atoms with Crippen LogP contribution in [0.15, 0.2) is 47.2 Å². The van der Waals surface area contributed by atoms with Crippen LogP contribution < -0.4 is 5.32 Å². The van der Waals surface area contributed by atoms with E-state index in [0.29, 0.717) is 5.02 Å². The predicted octanol–water partition coefficient (Wildman–Crippen LogP) is 3.79. The predicted molar refractivity (Wildman–Crippen MR) is 73.9 cm³/mol.